The smallest absolute Gasteiger partial charge is 0.303 e. The van der Waals surface area contributed by atoms with Crippen LogP contribution in [0.3, 0.4) is 0 Å². The van der Waals surface area contributed by atoms with Gasteiger partial charge in [-0.15, -0.1) is 0 Å². The third-order valence-corrected chi connectivity index (χ3v) is 3.64. The van der Waals surface area contributed by atoms with Crippen LogP contribution in [0.2, 0.25) is 0 Å². The van der Waals surface area contributed by atoms with E-state index >= 15 is 0 Å². The molecule has 2 aromatic rings. The SMILES string of the molecule is COCCNc1nc2ccc(CCC(=O)O)cc2s1. The number of benzene rings is 1. The number of carboxylic acids is 1. The van der Waals surface area contributed by atoms with Gasteiger partial charge in [-0.3, -0.25) is 4.79 Å². The summed E-state index contributed by atoms with van der Waals surface area (Å²) in [4.78, 5) is 15.0. The molecule has 1 aromatic carbocycles. The van der Waals surface area contributed by atoms with Crippen molar-refractivity contribution < 1.29 is 14.6 Å². The second-order valence-corrected chi connectivity index (χ2v) is 5.17. The number of methoxy groups -OCH3 is 1. The molecule has 0 bridgehead atoms. The first-order valence-corrected chi connectivity index (χ1v) is 6.85. The molecule has 1 aromatic heterocycles. The van der Waals surface area contributed by atoms with Crippen LogP contribution in [0.5, 0.6) is 0 Å². The third kappa shape index (κ3) is 3.90. The molecule has 2 N–H and O–H groups in total. The largest absolute Gasteiger partial charge is 0.481 e. The molecule has 19 heavy (non-hydrogen) atoms. The Bertz CT molecular complexity index is 568. The number of fused-ring (bicyclic) bond motifs is 1. The number of carbonyl (C=O) groups is 1. The Hall–Kier alpha value is -1.66. The Labute approximate surface area is 115 Å². The molecule has 0 amide bonds. The first-order valence-electron chi connectivity index (χ1n) is 6.03. The van der Waals surface area contributed by atoms with Crippen molar-refractivity contribution in [3.05, 3.63) is 23.8 Å². The fraction of sp³-hybridized carbons (Fsp3) is 0.385. The molecule has 0 fully saturated rings. The van der Waals surface area contributed by atoms with Gasteiger partial charge in [0.05, 0.1) is 16.8 Å². The minimum Gasteiger partial charge on any atom is -0.481 e. The minimum absolute atomic E-state index is 0.156. The monoisotopic (exact) mass is 280 g/mol. The Morgan fingerprint density at radius 3 is 3.11 bits per heavy atom. The molecular weight excluding hydrogens is 264 g/mol. The molecule has 0 aliphatic heterocycles. The lowest BCUT2D eigenvalue weighted by molar-refractivity contribution is -0.136. The first-order chi connectivity index (χ1) is 9.19. The summed E-state index contributed by atoms with van der Waals surface area (Å²) in [6.45, 7) is 1.36. The van der Waals surface area contributed by atoms with Gasteiger partial charge in [0.2, 0.25) is 0 Å². The Morgan fingerprint density at radius 1 is 1.53 bits per heavy atom. The zero-order chi connectivity index (χ0) is 13.7. The fourth-order valence-corrected chi connectivity index (χ4v) is 2.67. The lowest BCUT2D eigenvalue weighted by Gasteiger charge is -1.99. The van der Waals surface area contributed by atoms with Crippen molar-refractivity contribution in [2.75, 3.05) is 25.6 Å². The van der Waals surface area contributed by atoms with Crippen molar-refractivity contribution in [2.24, 2.45) is 0 Å². The van der Waals surface area contributed by atoms with Gasteiger partial charge in [0.1, 0.15) is 0 Å². The molecule has 0 saturated carbocycles. The summed E-state index contributed by atoms with van der Waals surface area (Å²) >= 11 is 1.57. The van der Waals surface area contributed by atoms with Crippen LogP contribution < -0.4 is 5.32 Å². The number of rotatable bonds is 7. The molecule has 0 aliphatic rings. The van der Waals surface area contributed by atoms with E-state index in [1.165, 1.54) is 0 Å². The van der Waals surface area contributed by atoms with Gasteiger partial charge < -0.3 is 15.2 Å². The molecule has 0 unspecified atom stereocenters. The maximum absolute atomic E-state index is 10.6. The highest BCUT2D eigenvalue weighted by molar-refractivity contribution is 7.22. The van der Waals surface area contributed by atoms with Crippen molar-refractivity contribution in [2.45, 2.75) is 12.8 Å². The molecule has 0 saturated heterocycles. The highest BCUT2D eigenvalue weighted by atomic mass is 32.1. The Balaban J connectivity index is 2.07. The van der Waals surface area contributed by atoms with E-state index in [0.717, 1.165) is 27.5 Å². The second-order valence-electron chi connectivity index (χ2n) is 4.13. The molecule has 0 radical (unpaired) electrons. The van der Waals surface area contributed by atoms with Gasteiger partial charge in [-0.05, 0) is 24.1 Å². The van der Waals surface area contributed by atoms with E-state index in [9.17, 15) is 4.79 Å². The second kappa shape index (κ2) is 6.49. The van der Waals surface area contributed by atoms with Gasteiger partial charge in [0.25, 0.3) is 0 Å². The van der Waals surface area contributed by atoms with Crippen molar-refractivity contribution in [1.29, 1.82) is 0 Å². The van der Waals surface area contributed by atoms with Crippen molar-refractivity contribution in [1.82, 2.24) is 4.98 Å². The number of hydrogen-bond donors (Lipinski definition) is 2. The van der Waals surface area contributed by atoms with Crippen LogP contribution in [-0.4, -0.2) is 36.3 Å². The molecule has 6 heteroatoms. The van der Waals surface area contributed by atoms with Crippen molar-refractivity contribution in [3.63, 3.8) is 0 Å². The molecule has 0 aliphatic carbocycles. The fourth-order valence-electron chi connectivity index (χ4n) is 1.71. The summed E-state index contributed by atoms with van der Waals surface area (Å²) in [6, 6.07) is 5.88. The highest BCUT2D eigenvalue weighted by Gasteiger charge is 2.05. The van der Waals surface area contributed by atoms with E-state index in [2.05, 4.69) is 10.3 Å². The van der Waals surface area contributed by atoms with Gasteiger partial charge in [-0.2, -0.15) is 0 Å². The van der Waals surface area contributed by atoms with Crippen LogP contribution in [0.4, 0.5) is 5.13 Å². The zero-order valence-electron chi connectivity index (χ0n) is 10.7. The van der Waals surface area contributed by atoms with E-state index in [1.807, 2.05) is 18.2 Å². The van der Waals surface area contributed by atoms with Gasteiger partial charge in [0, 0.05) is 20.1 Å². The summed E-state index contributed by atoms with van der Waals surface area (Å²) in [6.07, 6.45) is 0.707. The number of aromatic nitrogens is 1. The van der Waals surface area contributed by atoms with Gasteiger partial charge in [0.15, 0.2) is 5.13 Å². The topological polar surface area (TPSA) is 71.5 Å². The van der Waals surface area contributed by atoms with Crippen LogP contribution in [0, 0.1) is 0 Å². The molecule has 2 rings (SSSR count). The third-order valence-electron chi connectivity index (χ3n) is 2.66. The molecule has 5 nitrogen and oxygen atoms in total. The average molecular weight is 280 g/mol. The average Bonchev–Trinajstić information content (AvgIpc) is 2.78. The molecule has 0 spiro atoms. The van der Waals surface area contributed by atoms with Crippen LogP contribution in [-0.2, 0) is 16.0 Å². The van der Waals surface area contributed by atoms with Gasteiger partial charge >= 0.3 is 5.97 Å². The predicted molar refractivity (Wildman–Crippen MR) is 75.9 cm³/mol. The van der Waals surface area contributed by atoms with Crippen LogP contribution in [0.1, 0.15) is 12.0 Å². The van der Waals surface area contributed by atoms with Crippen molar-refractivity contribution >= 4 is 32.7 Å². The number of thiazole rings is 1. The molecule has 102 valence electrons. The number of aliphatic carboxylic acids is 1. The van der Waals surface area contributed by atoms with Gasteiger partial charge in [-0.1, -0.05) is 17.4 Å². The summed E-state index contributed by atoms with van der Waals surface area (Å²) in [7, 11) is 1.66. The highest BCUT2D eigenvalue weighted by Crippen LogP contribution is 2.27. The van der Waals surface area contributed by atoms with Crippen LogP contribution in [0.15, 0.2) is 18.2 Å². The summed E-state index contributed by atoms with van der Waals surface area (Å²) in [5, 5.41) is 12.7. The number of anilines is 1. The lowest BCUT2D eigenvalue weighted by atomic mass is 10.1. The molecule has 1 heterocycles. The normalized spacial score (nSPS) is 10.8. The molecular formula is C13H16N2O3S. The van der Waals surface area contributed by atoms with E-state index in [0.29, 0.717) is 13.0 Å². The lowest BCUT2D eigenvalue weighted by Crippen LogP contribution is -2.06. The number of ether oxygens (including phenoxy) is 1. The van der Waals surface area contributed by atoms with Crippen LogP contribution >= 0.6 is 11.3 Å². The quantitative estimate of drug-likeness (QED) is 0.762. The van der Waals surface area contributed by atoms with E-state index in [4.69, 9.17) is 9.84 Å². The summed E-state index contributed by atoms with van der Waals surface area (Å²) in [5.74, 6) is -0.772. The number of nitrogens with one attached hydrogen (secondary N) is 1. The minimum atomic E-state index is -0.772. The first kappa shape index (κ1) is 13.8. The van der Waals surface area contributed by atoms with E-state index in [-0.39, 0.29) is 6.42 Å². The number of aryl methyl sites for hydroxylation is 1. The Morgan fingerprint density at radius 2 is 2.37 bits per heavy atom. The Kier molecular flexibility index (Phi) is 4.70. The summed E-state index contributed by atoms with van der Waals surface area (Å²) in [5.41, 5.74) is 1.96. The number of nitrogens with zero attached hydrogens (tertiary/aromatic N) is 1. The van der Waals surface area contributed by atoms with E-state index in [1.54, 1.807) is 18.4 Å². The van der Waals surface area contributed by atoms with Gasteiger partial charge in [-0.25, -0.2) is 4.98 Å². The predicted octanol–water partition coefficient (Wildman–Crippen LogP) is 2.37. The summed E-state index contributed by atoms with van der Waals surface area (Å²) < 4.78 is 6.04. The maximum Gasteiger partial charge on any atom is 0.303 e. The van der Waals surface area contributed by atoms with E-state index < -0.39 is 5.97 Å². The van der Waals surface area contributed by atoms with Crippen molar-refractivity contribution in [3.8, 4) is 0 Å². The number of hydrogen-bond acceptors (Lipinski definition) is 5. The zero-order valence-corrected chi connectivity index (χ0v) is 11.5. The maximum atomic E-state index is 10.6. The standard InChI is InChI=1S/C13H16N2O3S/c1-18-7-6-14-13-15-10-4-2-9(3-5-12(16)17)8-11(10)19-13/h2,4,8H,3,5-7H2,1H3,(H,14,15)(H,16,17). The number of carboxylic acid groups (broad SMARTS) is 1. The van der Waals surface area contributed by atoms with Crippen LogP contribution in [0.25, 0.3) is 10.2 Å². The molecule has 0 atom stereocenters.